The molecule has 0 N–H and O–H groups in total. The molecule has 2 aromatic rings. The molecule has 0 saturated carbocycles. The minimum absolute atomic E-state index is 0.414. The molecule has 0 aliphatic carbocycles. The minimum atomic E-state index is -0.414. The summed E-state index contributed by atoms with van der Waals surface area (Å²) in [6.07, 6.45) is 3.55. The van der Waals surface area contributed by atoms with Crippen LogP contribution in [0.1, 0.15) is 21.6 Å². The Balaban J connectivity index is 2.37. The summed E-state index contributed by atoms with van der Waals surface area (Å²) < 4.78 is 24.8. The molecular weight excluding hydrogens is 318 g/mol. The molecule has 0 atom stereocenters. The van der Waals surface area contributed by atoms with Crippen LogP contribution in [0.2, 0.25) is 0 Å². The molecule has 2 rings (SSSR count). The molecule has 1 heterocycles. The van der Waals surface area contributed by atoms with Gasteiger partial charge in [-0.15, -0.1) is 0 Å². The second-order valence-corrected chi connectivity index (χ2v) is 5.03. The summed E-state index contributed by atoms with van der Waals surface area (Å²) in [6, 6.07) is 3.62. The molecule has 0 spiro atoms. The number of hydrogen-bond donors (Lipinski definition) is 0. The van der Waals surface area contributed by atoms with E-state index in [1.165, 1.54) is 18.6 Å². The van der Waals surface area contributed by atoms with E-state index in [-0.39, 0.29) is 0 Å². The van der Waals surface area contributed by atoms with E-state index >= 15 is 0 Å². The van der Waals surface area contributed by atoms with E-state index in [1.807, 2.05) is 18.2 Å². The van der Waals surface area contributed by atoms with E-state index in [0.29, 0.717) is 28.5 Å². The summed E-state index contributed by atoms with van der Waals surface area (Å²) in [5.74, 6) is 1.22. The van der Waals surface area contributed by atoms with Crippen molar-refractivity contribution in [3.63, 3.8) is 0 Å². The van der Waals surface area contributed by atoms with Gasteiger partial charge < -0.3 is 18.9 Å². The van der Waals surface area contributed by atoms with Gasteiger partial charge in [-0.05, 0) is 35.3 Å². The number of nitrogens with zero attached hydrogens (tertiary/aromatic N) is 1. The van der Waals surface area contributed by atoms with Crippen molar-refractivity contribution in [2.75, 3.05) is 28.4 Å². The average molecular weight is 335 g/mol. The van der Waals surface area contributed by atoms with Crippen molar-refractivity contribution in [1.82, 2.24) is 4.37 Å². The van der Waals surface area contributed by atoms with Crippen molar-refractivity contribution in [2.45, 2.75) is 0 Å². The molecule has 0 fully saturated rings. The molecule has 1 aromatic carbocycles. The lowest BCUT2D eigenvalue weighted by molar-refractivity contribution is 0.0601. The fourth-order valence-electron chi connectivity index (χ4n) is 2.00. The predicted molar refractivity (Wildman–Crippen MR) is 88.5 cm³/mol. The zero-order valence-electron chi connectivity index (χ0n) is 13.3. The van der Waals surface area contributed by atoms with Crippen molar-refractivity contribution in [2.24, 2.45) is 0 Å². The van der Waals surface area contributed by atoms with Crippen LogP contribution < -0.4 is 14.2 Å². The summed E-state index contributed by atoms with van der Waals surface area (Å²) in [4.78, 5) is 11.6. The van der Waals surface area contributed by atoms with Crippen LogP contribution in [0.15, 0.2) is 17.5 Å². The summed E-state index contributed by atoms with van der Waals surface area (Å²) >= 11 is 1.19. The predicted octanol–water partition coefficient (Wildman–Crippen LogP) is 3.13. The Kier molecular flexibility index (Phi) is 5.59. The van der Waals surface area contributed by atoms with Gasteiger partial charge in [-0.25, -0.2) is 4.79 Å². The average Bonchev–Trinajstić information content (AvgIpc) is 3.06. The van der Waals surface area contributed by atoms with Gasteiger partial charge in [0.15, 0.2) is 11.5 Å². The van der Waals surface area contributed by atoms with E-state index < -0.39 is 5.97 Å². The largest absolute Gasteiger partial charge is 0.493 e. The van der Waals surface area contributed by atoms with Crippen LogP contribution in [0.25, 0.3) is 12.2 Å². The van der Waals surface area contributed by atoms with Crippen LogP contribution in [0.4, 0.5) is 0 Å². The highest BCUT2D eigenvalue weighted by Crippen LogP contribution is 2.38. The fraction of sp³-hybridized carbons (Fsp3) is 0.250. The molecule has 0 saturated heterocycles. The van der Waals surface area contributed by atoms with Crippen LogP contribution in [0.5, 0.6) is 17.2 Å². The Labute approximate surface area is 138 Å². The zero-order chi connectivity index (χ0) is 16.8. The second kappa shape index (κ2) is 7.64. The van der Waals surface area contributed by atoms with Crippen LogP contribution in [0.3, 0.4) is 0 Å². The molecule has 1 aromatic heterocycles. The molecule has 23 heavy (non-hydrogen) atoms. The molecular formula is C16H17NO5S. The molecule has 122 valence electrons. The smallest absolute Gasteiger partial charge is 0.340 e. The van der Waals surface area contributed by atoms with Gasteiger partial charge in [-0.2, -0.15) is 4.37 Å². The highest BCUT2D eigenvalue weighted by atomic mass is 32.1. The van der Waals surface area contributed by atoms with Crippen molar-refractivity contribution < 1.29 is 23.7 Å². The lowest BCUT2D eigenvalue weighted by Gasteiger charge is -2.12. The molecule has 0 unspecified atom stereocenters. The molecule has 0 aliphatic rings. The summed E-state index contributed by atoms with van der Waals surface area (Å²) in [6.45, 7) is 0. The summed E-state index contributed by atoms with van der Waals surface area (Å²) in [5, 5.41) is 1.65. The lowest BCUT2D eigenvalue weighted by Crippen LogP contribution is -2.01. The maximum atomic E-state index is 11.6. The van der Waals surface area contributed by atoms with E-state index in [0.717, 1.165) is 5.56 Å². The van der Waals surface area contributed by atoms with E-state index in [9.17, 15) is 4.79 Å². The highest BCUT2D eigenvalue weighted by molar-refractivity contribution is 7.04. The summed E-state index contributed by atoms with van der Waals surface area (Å²) in [5.41, 5.74) is 1.81. The minimum Gasteiger partial charge on any atom is -0.493 e. The second-order valence-electron chi connectivity index (χ2n) is 4.40. The highest BCUT2D eigenvalue weighted by Gasteiger charge is 2.14. The quantitative estimate of drug-likeness (QED) is 0.756. The Morgan fingerprint density at radius 3 is 2.22 bits per heavy atom. The maximum absolute atomic E-state index is 11.6. The number of hydrogen-bond acceptors (Lipinski definition) is 7. The molecule has 0 aliphatic heterocycles. The Bertz CT molecular complexity index is 698. The van der Waals surface area contributed by atoms with E-state index in [2.05, 4.69) is 4.37 Å². The Morgan fingerprint density at radius 2 is 1.70 bits per heavy atom. The monoisotopic (exact) mass is 335 g/mol. The van der Waals surface area contributed by atoms with Crippen molar-refractivity contribution in [3.05, 3.63) is 34.3 Å². The van der Waals surface area contributed by atoms with Gasteiger partial charge in [0.05, 0.1) is 39.7 Å². The normalized spacial score (nSPS) is 10.6. The fourth-order valence-corrected chi connectivity index (χ4v) is 2.65. The zero-order valence-corrected chi connectivity index (χ0v) is 14.1. The first-order chi connectivity index (χ1) is 11.1. The van der Waals surface area contributed by atoms with Crippen LogP contribution in [-0.2, 0) is 4.74 Å². The molecule has 0 radical (unpaired) electrons. The van der Waals surface area contributed by atoms with Gasteiger partial charge in [0.25, 0.3) is 0 Å². The number of esters is 1. The number of carbonyl (C=O) groups is 1. The van der Waals surface area contributed by atoms with Gasteiger partial charge in [-0.3, -0.25) is 0 Å². The Morgan fingerprint density at radius 1 is 1.04 bits per heavy atom. The third kappa shape index (κ3) is 3.62. The van der Waals surface area contributed by atoms with Gasteiger partial charge in [0.2, 0.25) is 5.75 Å². The first-order valence-corrected chi connectivity index (χ1v) is 7.49. The number of ether oxygens (including phenoxy) is 4. The number of methoxy groups -OCH3 is 4. The lowest BCUT2D eigenvalue weighted by atomic mass is 10.1. The number of rotatable bonds is 6. The number of benzene rings is 1. The van der Waals surface area contributed by atoms with Crippen molar-refractivity contribution in [3.8, 4) is 17.2 Å². The maximum Gasteiger partial charge on any atom is 0.340 e. The number of carbonyl (C=O) groups excluding carboxylic acids is 1. The number of aromatic nitrogens is 1. The van der Waals surface area contributed by atoms with Gasteiger partial charge in [0, 0.05) is 5.38 Å². The van der Waals surface area contributed by atoms with E-state index in [1.54, 1.807) is 32.8 Å². The first kappa shape index (κ1) is 16.8. The van der Waals surface area contributed by atoms with E-state index in [4.69, 9.17) is 18.9 Å². The van der Waals surface area contributed by atoms with Crippen molar-refractivity contribution in [1.29, 1.82) is 0 Å². The molecule has 7 heteroatoms. The topological polar surface area (TPSA) is 66.9 Å². The third-order valence-electron chi connectivity index (χ3n) is 3.12. The van der Waals surface area contributed by atoms with Crippen LogP contribution in [-0.4, -0.2) is 38.8 Å². The molecule has 6 nitrogen and oxygen atoms in total. The summed E-state index contributed by atoms with van der Waals surface area (Å²) in [7, 11) is 6.00. The van der Waals surface area contributed by atoms with Gasteiger partial charge >= 0.3 is 5.97 Å². The van der Waals surface area contributed by atoms with Crippen LogP contribution in [0, 0.1) is 0 Å². The first-order valence-electron chi connectivity index (χ1n) is 6.65. The SMILES string of the molecule is COC(=O)c1csnc1/C=C/c1cc(OC)c(OC)c(OC)c1. The van der Waals surface area contributed by atoms with Gasteiger partial charge in [0.1, 0.15) is 0 Å². The Hall–Kier alpha value is -2.54. The van der Waals surface area contributed by atoms with Crippen LogP contribution >= 0.6 is 11.5 Å². The standard InChI is InChI=1S/C16H17NO5S/c1-19-13-7-10(8-14(20-2)15(13)21-3)5-6-12-11(9-23-17-12)16(18)22-4/h5-9H,1-4H3/b6-5+. The third-order valence-corrected chi connectivity index (χ3v) is 3.77. The van der Waals surface area contributed by atoms with Crippen molar-refractivity contribution >= 4 is 29.7 Å². The molecule has 0 bridgehead atoms. The van der Waals surface area contributed by atoms with Gasteiger partial charge in [-0.1, -0.05) is 6.08 Å². The molecule has 0 amide bonds.